The number of benzene rings is 3. The van der Waals surface area contributed by atoms with E-state index in [4.69, 9.17) is 15.9 Å². The number of anilines is 2. The highest BCUT2D eigenvalue weighted by atomic mass is 16.5. The molecule has 0 bridgehead atoms. The number of amidine groups is 1. The van der Waals surface area contributed by atoms with Crippen LogP contribution < -0.4 is 16.0 Å². The fraction of sp³-hybridized carbons (Fsp3) is 0.241. The van der Waals surface area contributed by atoms with Gasteiger partial charge < -0.3 is 30.7 Å². The van der Waals surface area contributed by atoms with Gasteiger partial charge in [-0.1, -0.05) is 30.3 Å². The largest absolute Gasteiger partial charge is 0.384 e. The van der Waals surface area contributed by atoms with Crippen LogP contribution in [0.15, 0.2) is 72.8 Å². The van der Waals surface area contributed by atoms with Gasteiger partial charge in [0, 0.05) is 42.1 Å². The van der Waals surface area contributed by atoms with Gasteiger partial charge in [-0.3, -0.25) is 19.8 Å². The molecule has 5 N–H and O–H groups in total. The van der Waals surface area contributed by atoms with Gasteiger partial charge in [-0.25, -0.2) is 0 Å². The van der Waals surface area contributed by atoms with Crippen LogP contribution in [-0.4, -0.2) is 65.5 Å². The SMILES string of the molecule is N=C(N)c1ccc(NC(=O)C(O)[C@H]2OCCN(c3cccc(C(=O)N4CCc5ccccc5C4)c3)C2=O)cc1. The van der Waals surface area contributed by atoms with Crippen molar-refractivity contribution in [1.82, 2.24) is 4.90 Å². The van der Waals surface area contributed by atoms with Crippen molar-refractivity contribution in [3.63, 3.8) is 0 Å². The molecular formula is C29H29N5O5. The van der Waals surface area contributed by atoms with E-state index in [0.717, 1.165) is 12.0 Å². The topological polar surface area (TPSA) is 149 Å². The van der Waals surface area contributed by atoms with Crippen molar-refractivity contribution in [3.05, 3.63) is 95.1 Å². The molecule has 0 radical (unpaired) electrons. The Bertz CT molecular complexity index is 1420. The molecule has 5 rings (SSSR count). The molecule has 0 aromatic heterocycles. The van der Waals surface area contributed by atoms with Crippen molar-refractivity contribution in [2.75, 3.05) is 29.9 Å². The number of aliphatic hydroxyl groups is 1. The van der Waals surface area contributed by atoms with Gasteiger partial charge in [-0.15, -0.1) is 0 Å². The summed E-state index contributed by atoms with van der Waals surface area (Å²) >= 11 is 0. The number of hydrogen-bond acceptors (Lipinski definition) is 6. The highest BCUT2D eigenvalue weighted by Gasteiger charge is 2.39. The fourth-order valence-corrected chi connectivity index (χ4v) is 4.83. The van der Waals surface area contributed by atoms with Crippen LogP contribution in [0, 0.1) is 5.41 Å². The number of hydrogen-bond donors (Lipinski definition) is 4. The molecule has 2 aliphatic heterocycles. The van der Waals surface area contributed by atoms with Gasteiger partial charge in [0.2, 0.25) is 0 Å². The lowest BCUT2D eigenvalue weighted by Crippen LogP contribution is -2.55. The van der Waals surface area contributed by atoms with Crippen LogP contribution in [0.1, 0.15) is 27.0 Å². The Labute approximate surface area is 225 Å². The van der Waals surface area contributed by atoms with Crippen molar-refractivity contribution in [3.8, 4) is 0 Å². The number of rotatable bonds is 6. The molecule has 39 heavy (non-hydrogen) atoms. The summed E-state index contributed by atoms with van der Waals surface area (Å²) in [6.07, 6.45) is -2.38. The molecule has 0 saturated carbocycles. The Morgan fingerprint density at radius 3 is 2.49 bits per heavy atom. The molecule has 10 nitrogen and oxygen atoms in total. The Balaban J connectivity index is 1.27. The second kappa shape index (κ2) is 11.1. The average Bonchev–Trinajstić information content (AvgIpc) is 2.96. The summed E-state index contributed by atoms with van der Waals surface area (Å²) in [5, 5.41) is 20.7. The molecule has 3 aromatic rings. The lowest BCUT2D eigenvalue weighted by molar-refractivity contribution is -0.150. The van der Waals surface area contributed by atoms with Crippen molar-refractivity contribution < 1.29 is 24.2 Å². The second-order valence-corrected chi connectivity index (χ2v) is 9.50. The van der Waals surface area contributed by atoms with Crippen molar-refractivity contribution in [2.45, 2.75) is 25.2 Å². The first-order chi connectivity index (χ1) is 18.8. The van der Waals surface area contributed by atoms with E-state index in [1.54, 1.807) is 53.4 Å². The van der Waals surface area contributed by atoms with E-state index in [0.29, 0.717) is 35.6 Å². The van der Waals surface area contributed by atoms with E-state index in [-0.39, 0.29) is 24.9 Å². The zero-order valence-corrected chi connectivity index (χ0v) is 21.2. The number of ether oxygens (including phenoxy) is 1. The number of nitrogen functional groups attached to an aromatic ring is 1. The monoisotopic (exact) mass is 527 g/mol. The van der Waals surface area contributed by atoms with E-state index in [1.807, 2.05) is 18.2 Å². The lowest BCUT2D eigenvalue weighted by Gasteiger charge is -2.34. The molecule has 200 valence electrons. The molecule has 1 fully saturated rings. The Morgan fingerprint density at radius 2 is 1.74 bits per heavy atom. The number of amides is 3. The molecule has 2 heterocycles. The number of nitrogens with zero attached hydrogens (tertiary/aromatic N) is 2. The van der Waals surface area contributed by atoms with Crippen LogP contribution in [0.2, 0.25) is 0 Å². The predicted octanol–water partition coefficient (Wildman–Crippen LogP) is 1.90. The molecular weight excluding hydrogens is 498 g/mol. The van der Waals surface area contributed by atoms with Gasteiger partial charge >= 0.3 is 0 Å². The number of nitrogens with two attached hydrogens (primary N) is 1. The summed E-state index contributed by atoms with van der Waals surface area (Å²) in [6.45, 7) is 1.45. The molecule has 3 aromatic carbocycles. The first-order valence-electron chi connectivity index (χ1n) is 12.6. The molecule has 3 amide bonds. The summed E-state index contributed by atoms with van der Waals surface area (Å²) < 4.78 is 5.50. The van der Waals surface area contributed by atoms with Gasteiger partial charge in [0.1, 0.15) is 5.84 Å². The van der Waals surface area contributed by atoms with Crippen LogP contribution in [0.4, 0.5) is 11.4 Å². The molecule has 0 aliphatic carbocycles. The average molecular weight is 528 g/mol. The highest BCUT2D eigenvalue weighted by molar-refractivity contribution is 6.05. The second-order valence-electron chi connectivity index (χ2n) is 9.50. The normalized spacial score (nSPS) is 17.8. The van der Waals surface area contributed by atoms with Crippen LogP contribution in [0.5, 0.6) is 0 Å². The number of aliphatic hydroxyl groups excluding tert-OH is 1. The third kappa shape index (κ3) is 5.52. The summed E-state index contributed by atoms with van der Waals surface area (Å²) in [5.41, 5.74) is 9.62. The smallest absolute Gasteiger partial charge is 0.259 e. The van der Waals surface area contributed by atoms with E-state index < -0.39 is 24.0 Å². The van der Waals surface area contributed by atoms with Crippen LogP contribution in [0.3, 0.4) is 0 Å². The van der Waals surface area contributed by atoms with E-state index in [2.05, 4.69) is 11.4 Å². The first kappa shape index (κ1) is 26.1. The zero-order valence-electron chi connectivity index (χ0n) is 21.2. The van der Waals surface area contributed by atoms with Crippen molar-refractivity contribution in [1.29, 1.82) is 5.41 Å². The Morgan fingerprint density at radius 1 is 1.00 bits per heavy atom. The van der Waals surface area contributed by atoms with E-state index in [1.165, 1.54) is 10.5 Å². The van der Waals surface area contributed by atoms with Gasteiger partial charge in [0.15, 0.2) is 12.2 Å². The van der Waals surface area contributed by atoms with Crippen molar-refractivity contribution in [2.24, 2.45) is 5.73 Å². The quantitative estimate of drug-likeness (QED) is 0.284. The van der Waals surface area contributed by atoms with Gasteiger partial charge in [0.05, 0.1) is 6.61 Å². The van der Waals surface area contributed by atoms with Crippen LogP contribution in [-0.2, 0) is 27.3 Å². The maximum atomic E-state index is 13.3. The minimum atomic E-state index is -1.76. The van der Waals surface area contributed by atoms with Gasteiger partial charge in [0.25, 0.3) is 17.7 Å². The summed E-state index contributed by atoms with van der Waals surface area (Å²) in [7, 11) is 0. The Kier molecular flexibility index (Phi) is 7.40. The van der Waals surface area contributed by atoms with E-state index in [9.17, 15) is 19.5 Å². The third-order valence-corrected chi connectivity index (χ3v) is 6.96. The number of nitrogens with one attached hydrogen (secondary N) is 2. The highest BCUT2D eigenvalue weighted by Crippen LogP contribution is 2.25. The molecule has 2 atom stereocenters. The lowest BCUT2D eigenvalue weighted by atomic mass is 9.99. The maximum absolute atomic E-state index is 13.3. The standard InChI is InChI=1S/C29H29N5O5/c30-26(31)19-8-10-22(11-9-19)32-27(36)24(35)25-29(38)34(14-15-39-25)23-7-3-6-20(16-23)28(37)33-13-12-18-4-1-2-5-21(18)17-33/h1-11,16,24-25,35H,12-15,17H2,(H3,30,31)(H,32,36)/t24?,25-/m1/s1. The Hall–Kier alpha value is -4.54. The molecule has 1 unspecified atom stereocenters. The third-order valence-electron chi connectivity index (χ3n) is 6.96. The number of carbonyl (C=O) groups is 3. The molecule has 1 saturated heterocycles. The maximum Gasteiger partial charge on any atom is 0.259 e. The minimum absolute atomic E-state index is 0.106. The van der Waals surface area contributed by atoms with Crippen LogP contribution in [0.25, 0.3) is 0 Å². The zero-order chi connectivity index (χ0) is 27.5. The van der Waals surface area contributed by atoms with Crippen molar-refractivity contribution >= 4 is 34.9 Å². The minimum Gasteiger partial charge on any atom is -0.384 e. The summed E-state index contributed by atoms with van der Waals surface area (Å²) in [5.74, 6) is -1.62. The number of morpholine rings is 1. The van der Waals surface area contributed by atoms with E-state index >= 15 is 0 Å². The molecule has 2 aliphatic rings. The van der Waals surface area contributed by atoms with Crippen LogP contribution >= 0.6 is 0 Å². The predicted molar refractivity (Wildman–Crippen MR) is 146 cm³/mol. The summed E-state index contributed by atoms with van der Waals surface area (Å²) in [4.78, 5) is 42.5. The first-order valence-corrected chi connectivity index (χ1v) is 12.6. The summed E-state index contributed by atoms with van der Waals surface area (Å²) in [6, 6.07) is 21.1. The van der Waals surface area contributed by atoms with Gasteiger partial charge in [-0.2, -0.15) is 0 Å². The molecule has 10 heteroatoms. The molecule has 0 spiro atoms. The van der Waals surface area contributed by atoms with Gasteiger partial charge in [-0.05, 0) is 60.0 Å². The number of fused-ring (bicyclic) bond motifs is 1. The number of carbonyl (C=O) groups excluding carboxylic acids is 3. The fourth-order valence-electron chi connectivity index (χ4n) is 4.83.